The highest BCUT2D eigenvalue weighted by Crippen LogP contribution is 2.32. The number of aliphatic hydroxyl groups excluding tert-OH is 1. The second-order valence-corrected chi connectivity index (χ2v) is 6.24. The van der Waals surface area contributed by atoms with Crippen molar-refractivity contribution in [3.05, 3.63) is 47.3 Å². The lowest BCUT2D eigenvalue weighted by Crippen LogP contribution is -2.17. The molecule has 22 heavy (non-hydrogen) atoms. The molecule has 0 bridgehead atoms. The third-order valence-electron chi connectivity index (χ3n) is 4.45. The first kappa shape index (κ1) is 15.2. The first-order valence-corrected chi connectivity index (χ1v) is 7.96. The molecule has 3 rings (SSSR count). The molecular weight excluding hydrogens is 281 g/mol. The van der Waals surface area contributed by atoms with Gasteiger partial charge in [-0.1, -0.05) is 37.0 Å². The number of rotatable bonds is 4. The van der Waals surface area contributed by atoms with Crippen molar-refractivity contribution in [2.75, 3.05) is 0 Å². The Morgan fingerprint density at radius 1 is 1.32 bits per heavy atom. The first-order valence-electron chi connectivity index (χ1n) is 7.96. The van der Waals surface area contributed by atoms with Crippen LogP contribution < -0.4 is 0 Å². The zero-order valence-electron chi connectivity index (χ0n) is 12.9. The van der Waals surface area contributed by atoms with E-state index in [0.717, 1.165) is 31.2 Å². The minimum atomic E-state index is -0.607. The van der Waals surface area contributed by atoms with E-state index in [2.05, 4.69) is 10.1 Å². The summed E-state index contributed by atoms with van der Waals surface area (Å²) >= 11 is 0. The van der Waals surface area contributed by atoms with Crippen LogP contribution in [0.2, 0.25) is 0 Å². The highest BCUT2D eigenvalue weighted by Gasteiger charge is 2.25. The number of nitrogens with zero attached hydrogens (tertiary/aromatic N) is 3. The summed E-state index contributed by atoms with van der Waals surface area (Å²) < 4.78 is 15.4. The summed E-state index contributed by atoms with van der Waals surface area (Å²) in [5.41, 5.74) is 1.60. The Labute approximate surface area is 130 Å². The van der Waals surface area contributed by atoms with E-state index in [0.29, 0.717) is 17.9 Å². The van der Waals surface area contributed by atoms with E-state index < -0.39 is 6.10 Å². The van der Waals surface area contributed by atoms with Gasteiger partial charge in [0.25, 0.3) is 0 Å². The molecule has 1 atom stereocenters. The van der Waals surface area contributed by atoms with Crippen LogP contribution in [-0.2, 0) is 6.54 Å². The van der Waals surface area contributed by atoms with E-state index in [-0.39, 0.29) is 11.7 Å². The molecule has 1 aromatic heterocycles. The maximum absolute atomic E-state index is 13.8. The highest BCUT2D eigenvalue weighted by molar-refractivity contribution is 5.24. The quantitative estimate of drug-likeness (QED) is 0.942. The van der Waals surface area contributed by atoms with Gasteiger partial charge in [0.05, 0.1) is 6.54 Å². The van der Waals surface area contributed by atoms with Crippen LogP contribution in [0.25, 0.3) is 0 Å². The maximum atomic E-state index is 13.8. The third-order valence-corrected chi connectivity index (χ3v) is 4.45. The molecule has 4 nitrogen and oxygen atoms in total. The Kier molecular flexibility index (Phi) is 4.52. The fraction of sp³-hybridized carbons (Fsp3) is 0.529. The fourth-order valence-corrected chi connectivity index (χ4v) is 3.18. The summed E-state index contributed by atoms with van der Waals surface area (Å²) in [7, 11) is 0. The number of hydrogen-bond donors (Lipinski definition) is 1. The lowest BCUT2D eigenvalue weighted by molar-refractivity contribution is 0.0770. The Bertz CT molecular complexity index is 635. The average Bonchev–Trinajstić information content (AvgIpc) is 2.99. The van der Waals surface area contributed by atoms with Crippen LogP contribution in [0.3, 0.4) is 0 Å². The topological polar surface area (TPSA) is 50.9 Å². The van der Waals surface area contributed by atoms with Gasteiger partial charge in [-0.15, -0.1) is 0 Å². The predicted molar refractivity (Wildman–Crippen MR) is 81.8 cm³/mol. The van der Waals surface area contributed by atoms with Crippen LogP contribution in [0.1, 0.15) is 55.2 Å². The summed E-state index contributed by atoms with van der Waals surface area (Å²) in [4.78, 5) is 4.22. The minimum absolute atomic E-state index is 0.240. The van der Waals surface area contributed by atoms with Crippen LogP contribution >= 0.6 is 0 Å². The van der Waals surface area contributed by atoms with Crippen molar-refractivity contribution in [2.45, 2.75) is 51.7 Å². The number of benzene rings is 1. The van der Waals surface area contributed by atoms with E-state index in [9.17, 15) is 9.50 Å². The maximum Gasteiger partial charge on any atom is 0.179 e. The van der Waals surface area contributed by atoms with Gasteiger partial charge in [0.15, 0.2) is 5.82 Å². The molecule has 1 aliphatic carbocycles. The molecule has 0 radical (unpaired) electrons. The number of aliphatic hydroxyl groups is 1. The molecular formula is C17H22FN3O. The van der Waals surface area contributed by atoms with E-state index in [4.69, 9.17) is 0 Å². The third kappa shape index (κ3) is 3.35. The standard InChI is InChI=1S/C17H22FN3O/c1-12-7-8-15(18)14(9-12)10-21-11-19-17(20-21)16(22)13-5-3-2-4-6-13/h7-9,11,13,16,22H,2-6,10H2,1H3. The van der Waals surface area contributed by atoms with Crippen molar-refractivity contribution < 1.29 is 9.50 Å². The van der Waals surface area contributed by atoms with Crippen LogP contribution in [0.5, 0.6) is 0 Å². The Morgan fingerprint density at radius 2 is 2.09 bits per heavy atom. The number of aryl methyl sites for hydroxylation is 1. The van der Waals surface area contributed by atoms with Crippen LogP contribution in [0.4, 0.5) is 4.39 Å². The molecule has 5 heteroatoms. The van der Waals surface area contributed by atoms with E-state index >= 15 is 0 Å². The normalized spacial score (nSPS) is 17.6. The Morgan fingerprint density at radius 3 is 2.86 bits per heavy atom. The van der Waals surface area contributed by atoms with Gasteiger partial charge in [-0.25, -0.2) is 14.1 Å². The molecule has 0 amide bonds. The summed E-state index contributed by atoms with van der Waals surface area (Å²) in [6.45, 7) is 2.26. The van der Waals surface area contributed by atoms with Crippen molar-refractivity contribution in [1.82, 2.24) is 14.8 Å². The van der Waals surface area contributed by atoms with Crippen molar-refractivity contribution in [3.8, 4) is 0 Å². The molecule has 0 spiro atoms. The predicted octanol–water partition coefficient (Wildman–Crippen LogP) is 3.39. The van der Waals surface area contributed by atoms with Gasteiger partial charge in [0.1, 0.15) is 18.2 Å². The van der Waals surface area contributed by atoms with Gasteiger partial charge >= 0.3 is 0 Å². The Hall–Kier alpha value is -1.75. The molecule has 1 aliphatic rings. The zero-order chi connectivity index (χ0) is 15.5. The van der Waals surface area contributed by atoms with Gasteiger partial charge < -0.3 is 5.11 Å². The SMILES string of the molecule is Cc1ccc(F)c(Cn2cnc(C(O)C3CCCCC3)n2)c1. The van der Waals surface area contributed by atoms with Crippen LogP contribution in [-0.4, -0.2) is 19.9 Å². The van der Waals surface area contributed by atoms with Crippen molar-refractivity contribution in [1.29, 1.82) is 0 Å². The molecule has 1 unspecified atom stereocenters. The summed E-state index contributed by atoms with van der Waals surface area (Å²) in [5.74, 6) is 0.468. The zero-order valence-corrected chi connectivity index (χ0v) is 12.9. The van der Waals surface area contributed by atoms with Crippen molar-refractivity contribution in [2.24, 2.45) is 5.92 Å². The molecule has 1 saturated carbocycles. The molecule has 0 saturated heterocycles. The molecule has 1 heterocycles. The Balaban J connectivity index is 1.71. The largest absolute Gasteiger partial charge is 0.385 e. The van der Waals surface area contributed by atoms with Gasteiger partial charge in [-0.2, -0.15) is 5.10 Å². The number of hydrogen-bond acceptors (Lipinski definition) is 3. The smallest absolute Gasteiger partial charge is 0.179 e. The summed E-state index contributed by atoms with van der Waals surface area (Å²) in [5, 5.41) is 14.8. The van der Waals surface area contributed by atoms with Crippen molar-refractivity contribution >= 4 is 0 Å². The lowest BCUT2D eigenvalue weighted by atomic mass is 9.85. The van der Waals surface area contributed by atoms with Gasteiger partial charge in [0, 0.05) is 5.56 Å². The summed E-state index contributed by atoms with van der Waals surface area (Å²) in [6, 6.07) is 5.03. The number of aromatic nitrogens is 3. The minimum Gasteiger partial charge on any atom is -0.385 e. The van der Waals surface area contributed by atoms with Gasteiger partial charge in [0.2, 0.25) is 0 Å². The number of halogens is 1. The van der Waals surface area contributed by atoms with E-state index in [1.54, 1.807) is 17.1 Å². The summed E-state index contributed by atoms with van der Waals surface area (Å²) in [6.07, 6.45) is 6.60. The second-order valence-electron chi connectivity index (χ2n) is 6.24. The first-order chi connectivity index (χ1) is 10.6. The lowest BCUT2D eigenvalue weighted by Gasteiger charge is -2.24. The monoisotopic (exact) mass is 303 g/mol. The molecule has 1 aromatic carbocycles. The molecule has 1 N–H and O–H groups in total. The van der Waals surface area contributed by atoms with Crippen LogP contribution in [0, 0.1) is 18.7 Å². The van der Waals surface area contributed by atoms with Crippen LogP contribution in [0.15, 0.2) is 24.5 Å². The van der Waals surface area contributed by atoms with Crippen molar-refractivity contribution in [3.63, 3.8) is 0 Å². The van der Waals surface area contributed by atoms with Gasteiger partial charge in [-0.3, -0.25) is 0 Å². The average molecular weight is 303 g/mol. The molecule has 0 aliphatic heterocycles. The fourth-order valence-electron chi connectivity index (χ4n) is 3.18. The molecule has 118 valence electrons. The van der Waals surface area contributed by atoms with E-state index in [1.165, 1.54) is 12.5 Å². The highest BCUT2D eigenvalue weighted by atomic mass is 19.1. The molecule has 2 aromatic rings. The van der Waals surface area contributed by atoms with Gasteiger partial charge in [-0.05, 0) is 31.7 Å². The second kappa shape index (κ2) is 6.57. The van der Waals surface area contributed by atoms with E-state index in [1.807, 2.05) is 13.0 Å². The molecule has 1 fully saturated rings.